The zero-order valence-electron chi connectivity index (χ0n) is 12.4. The Kier molecular flexibility index (Phi) is 10.2. The first kappa shape index (κ1) is 21.0. The summed E-state index contributed by atoms with van der Waals surface area (Å²) in [6.07, 6.45) is 2.00. The molecule has 0 aliphatic heterocycles. The number of aliphatic carboxylic acids is 1. The van der Waals surface area contributed by atoms with Crippen LogP contribution in [0, 0.1) is 5.92 Å². The van der Waals surface area contributed by atoms with Gasteiger partial charge in [-0.15, -0.1) is 0 Å². The van der Waals surface area contributed by atoms with Gasteiger partial charge in [0.25, 0.3) is 0 Å². The van der Waals surface area contributed by atoms with Crippen molar-refractivity contribution in [3.8, 4) is 0 Å². The van der Waals surface area contributed by atoms with Gasteiger partial charge in [0.05, 0.1) is 6.61 Å². The Morgan fingerprint density at radius 1 is 1.14 bits per heavy atom. The predicted molar refractivity (Wildman–Crippen MR) is 74.8 cm³/mol. The number of carbonyl (C=O) groups is 2. The number of phosphoric acid groups is 1. The van der Waals surface area contributed by atoms with Crippen molar-refractivity contribution >= 4 is 19.8 Å². The van der Waals surface area contributed by atoms with E-state index in [9.17, 15) is 19.3 Å². The fourth-order valence-electron chi connectivity index (χ4n) is 1.63. The minimum atomic E-state index is -4.72. The minimum absolute atomic E-state index is 0.142. The molecule has 0 saturated carbocycles. The SMILES string of the molecule is CCCCCCC(C(=O)O)C(=O)OCC(O)COP(=O)(O)O. The first-order valence-electron chi connectivity index (χ1n) is 6.95. The van der Waals surface area contributed by atoms with Crippen molar-refractivity contribution in [2.24, 2.45) is 5.92 Å². The van der Waals surface area contributed by atoms with Crippen molar-refractivity contribution in [2.75, 3.05) is 13.2 Å². The Balaban J connectivity index is 4.17. The maximum atomic E-state index is 11.6. The number of aliphatic hydroxyl groups excluding tert-OH is 1. The Labute approximate surface area is 128 Å². The molecule has 0 fully saturated rings. The summed E-state index contributed by atoms with van der Waals surface area (Å²) in [7, 11) is -4.72. The Hall–Kier alpha value is -0.990. The standard InChI is InChI=1S/C12H23O9P/c1-2-3-4-5-6-10(11(14)15)12(16)20-7-9(13)8-21-22(17,18)19/h9-10,13H,2-8H2,1H3,(H,14,15)(H2,17,18,19). The molecule has 0 bridgehead atoms. The summed E-state index contributed by atoms with van der Waals surface area (Å²) in [5.41, 5.74) is 0. The van der Waals surface area contributed by atoms with Crippen molar-refractivity contribution in [2.45, 2.75) is 45.1 Å². The van der Waals surface area contributed by atoms with Crippen LogP contribution in [-0.4, -0.2) is 51.3 Å². The van der Waals surface area contributed by atoms with Crippen molar-refractivity contribution in [3.05, 3.63) is 0 Å². The molecule has 10 heteroatoms. The van der Waals surface area contributed by atoms with E-state index in [0.717, 1.165) is 19.3 Å². The number of aliphatic hydroxyl groups is 1. The number of carboxylic acid groups (broad SMARTS) is 1. The average molecular weight is 342 g/mol. The molecular weight excluding hydrogens is 319 g/mol. The van der Waals surface area contributed by atoms with Crippen molar-refractivity contribution in [3.63, 3.8) is 0 Å². The van der Waals surface area contributed by atoms with E-state index in [1.165, 1.54) is 0 Å². The van der Waals surface area contributed by atoms with E-state index in [4.69, 9.17) is 14.9 Å². The van der Waals surface area contributed by atoms with Gasteiger partial charge in [-0.3, -0.25) is 14.1 Å². The topological polar surface area (TPSA) is 151 Å². The molecule has 9 nitrogen and oxygen atoms in total. The summed E-state index contributed by atoms with van der Waals surface area (Å²) in [6.45, 7) is 0.674. The van der Waals surface area contributed by atoms with Crippen molar-refractivity contribution < 1.29 is 43.4 Å². The molecule has 4 N–H and O–H groups in total. The van der Waals surface area contributed by atoms with Gasteiger partial charge in [-0.1, -0.05) is 32.6 Å². The van der Waals surface area contributed by atoms with Gasteiger partial charge in [-0.2, -0.15) is 0 Å². The quantitative estimate of drug-likeness (QED) is 0.174. The van der Waals surface area contributed by atoms with E-state index in [1.54, 1.807) is 0 Å². The van der Waals surface area contributed by atoms with Gasteiger partial charge in [0.15, 0.2) is 5.92 Å². The molecule has 0 rings (SSSR count). The fraction of sp³-hybridized carbons (Fsp3) is 0.833. The largest absolute Gasteiger partial charge is 0.481 e. The Morgan fingerprint density at radius 2 is 1.77 bits per heavy atom. The lowest BCUT2D eigenvalue weighted by Gasteiger charge is -2.15. The second-order valence-electron chi connectivity index (χ2n) is 4.81. The second kappa shape index (κ2) is 10.7. The molecule has 2 unspecified atom stereocenters. The zero-order valence-corrected chi connectivity index (χ0v) is 13.3. The zero-order chi connectivity index (χ0) is 17.2. The van der Waals surface area contributed by atoms with Crippen molar-refractivity contribution in [1.82, 2.24) is 0 Å². The maximum absolute atomic E-state index is 11.6. The van der Waals surface area contributed by atoms with E-state index in [-0.39, 0.29) is 6.42 Å². The molecule has 0 spiro atoms. The lowest BCUT2D eigenvalue weighted by molar-refractivity contribution is -0.161. The number of hydrogen-bond donors (Lipinski definition) is 4. The van der Waals surface area contributed by atoms with Gasteiger partial charge in [-0.05, 0) is 6.42 Å². The Morgan fingerprint density at radius 3 is 2.27 bits per heavy atom. The first-order chi connectivity index (χ1) is 10.2. The number of rotatable bonds is 12. The third kappa shape index (κ3) is 10.7. The van der Waals surface area contributed by atoms with Gasteiger partial charge in [0.1, 0.15) is 12.7 Å². The van der Waals surface area contributed by atoms with Crippen LogP contribution in [0.4, 0.5) is 0 Å². The molecule has 0 aromatic heterocycles. The summed E-state index contributed by atoms with van der Waals surface area (Å²) >= 11 is 0. The normalized spacial score (nSPS) is 14.4. The van der Waals surface area contributed by atoms with E-state index in [2.05, 4.69) is 9.26 Å². The number of phosphoric ester groups is 1. The van der Waals surface area contributed by atoms with Crippen LogP contribution in [0.2, 0.25) is 0 Å². The number of carboxylic acids is 1. The monoisotopic (exact) mass is 342 g/mol. The molecule has 0 aliphatic carbocycles. The highest BCUT2D eigenvalue weighted by molar-refractivity contribution is 7.46. The number of esters is 1. The summed E-state index contributed by atoms with van der Waals surface area (Å²) in [5.74, 6) is -3.60. The fourth-order valence-corrected chi connectivity index (χ4v) is 1.99. The van der Waals surface area contributed by atoms with Crippen LogP contribution in [0.3, 0.4) is 0 Å². The highest BCUT2D eigenvalue weighted by Gasteiger charge is 2.28. The molecule has 0 amide bonds. The minimum Gasteiger partial charge on any atom is -0.481 e. The first-order valence-corrected chi connectivity index (χ1v) is 8.48. The Bertz CT molecular complexity index is 392. The molecular formula is C12H23O9P. The smallest absolute Gasteiger partial charge is 0.469 e. The van der Waals surface area contributed by atoms with Gasteiger partial charge in [0, 0.05) is 0 Å². The molecule has 0 heterocycles. The highest BCUT2D eigenvalue weighted by atomic mass is 31.2. The number of ether oxygens (including phenoxy) is 1. The van der Waals surface area contributed by atoms with Crippen LogP contribution in [-0.2, 0) is 23.4 Å². The van der Waals surface area contributed by atoms with Crippen LogP contribution in [0.1, 0.15) is 39.0 Å². The van der Waals surface area contributed by atoms with Crippen LogP contribution in [0.5, 0.6) is 0 Å². The summed E-state index contributed by atoms with van der Waals surface area (Å²) in [6, 6.07) is 0. The molecule has 0 aliphatic rings. The molecule has 22 heavy (non-hydrogen) atoms. The molecule has 0 aromatic carbocycles. The van der Waals surface area contributed by atoms with Gasteiger partial charge in [0.2, 0.25) is 0 Å². The van der Waals surface area contributed by atoms with Crippen LogP contribution < -0.4 is 0 Å². The van der Waals surface area contributed by atoms with E-state index in [0.29, 0.717) is 6.42 Å². The maximum Gasteiger partial charge on any atom is 0.469 e. The molecule has 0 aromatic rings. The van der Waals surface area contributed by atoms with E-state index in [1.807, 2.05) is 6.92 Å². The number of unbranched alkanes of at least 4 members (excludes halogenated alkanes) is 3. The lowest BCUT2D eigenvalue weighted by atomic mass is 10.0. The molecule has 0 radical (unpaired) electrons. The average Bonchev–Trinajstić information content (AvgIpc) is 2.41. The summed E-state index contributed by atoms with van der Waals surface area (Å²) < 4.78 is 19.1. The van der Waals surface area contributed by atoms with E-state index < -0.39 is 45.0 Å². The van der Waals surface area contributed by atoms with E-state index >= 15 is 0 Å². The lowest BCUT2D eigenvalue weighted by Crippen LogP contribution is -2.30. The van der Waals surface area contributed by atoms with Gasteiger partial charge >= 0.3 is 19.8 Å². The van der Waals surface area contributed by atoms with Crippen molar-refractivity contribution in [1.29, 1.82) is 0 Å². The second-order valence-corrected chi connectivity index (χ2v) is 6.05. The third-order valence-electron chi connectivity index (χ3n) is 2.78. The highest BCUT2D eigenvalue weighted by Crippen LogP contribution is 2.35. The van der Waals surface area contributed by atoms with Crippen LogP contribution in [0.15, 0.2) is 0 Å². The summed E-state index contributed by atoms with van der Waals surface area (Å²) in [5, 5.41) is 18.3. The number of carbonyl (C=O) groups excluding carboxylic acids is 1. The molecule has 2 atom stereocenters. The molecule has 130 valence electrons. The number of hydrogen-bond acceptors (Lipinski definition) is 6. The summed E-state index contributed by atoms with van der Waals surface area (Å²) in [4.78, 5) is 39.5. The third-order valence-corrected chi connectivity index (χ3v) is 3.27. The van der Waals surface area contributed by atoms with Crippen LogP contribution in [0.25, 0.3) is 0 Å². The van der Waals surface area contributed by atoms with Gasteiger partial charge < -0.3 is 24.7 Å². The van der Waals surface area contributed by atoms with Crippen LogP contribution >= 0.6 is 7.82 Å². The predicted octanol–water partition coefficient (Wildman–Crippen LogP) is 0.671. The van der Waals surface area contributed by atoms with Gasteiger partial charge in [-0.25, -0.2) is 4.57 Å². The molecule has 0 saturated heterocycles.